The smallest absolute Gasteiger partial charge is 0.340 e. The van der Waals surface area contributed by atoms with Crippen LogP contribution in [0, 0.1) is 0 Å². The standard InChI is InChI=1S/C18H25N3O5/c1-2-26-18(24)14-5-3-4-6-15(14)20-17(23)13-16(22)19-7-8-21-9-11-25-12-10-21/h3-6H,2,7-13H2,1H3,(H,19,22)(H,20,23). The molecule has 26 heavy (non-hydrogen) atoms. The number of anilines is 1. The summed E-state index contributed by atoms with van der Waals surface area (Å²) in [6.07, 6.45) is -0.305. The van der Waals surface area contributed by atoms with Gasteiger partial charge in [-0.3, -0.25) is 14.5 Å². The van der Waals surface area contributed by atoms with Gasteiger partial charge in [-0.2, -0.15) is 0 Å². The molecule has 1 saturated heterocycles. The molecule has 0 spiro atoms. The third-order valence-corrected chi connectivity index (χ3v) is 3.87. The summed E-state index contributed by atoms with van der Waals surface area (Å²) in [4.78, 5) is 38.1. The van der Waals surface area contributed by atoms with Crippen molar-refractivity contribution in [2.45, 2.75) is 13.3 Å². The van der Waals surface area contributed by atoms with Crippen molar-refractivity contribution in [2.24, 2.45) is 0 Å². The number of hydrogen-bond donors (Lipinski definition) is 2. The second kappa shape index (κ2) is 10.5. The number of ether oxygens (including phenoxy) is 2. The number of morpholine rings is 1. The highest BCUT2D eigenvalue weighted by atomic mass is 16.5. The van der Waals surface area contributed by atoms with Gasteiger partial charge in [0.1, 0.15) is 6.42 Å². The molecule has 0 unspecified atom stereocenters. The highest BCUT2D eigenvalue weighted by Crippen LogP contribution is 2.16. The quantitative estimate of drug-likeness (QED) is 0.520. The molecule has 0 aliphatic carbocycles. The van der Waals surface area contributed by atoms with Gasteiger partial charge in [0.25, 0.3) is 0 Å². The van der Waals surface area contributed by atoms with E-state index >= 15 is 0 Å². The van der Waals surface area contributed by atoms with Gasteiger partial charge in [-0.1, -0.05) is 12.1 Å². The van der Waals surface area contributed by atoms with Gasteiger partial charge in [-0.05, 0) is 19.1 Å². The van der Waals surface area contributed by atoms with Gasteiger partial charge in [-0.15, -0.1) is 0 Å². The van der Waals surface area contributed by atoms with Gasteiger partial charge in [0, 0.05) is 26.2 Å². The van der Waals surface area contributed by atoms with E-state index in [1.807, 2.05) is 0 Å². The molecule has 8 nitrogen and oxygen atoms in total. The van der Waals surface area contributed by atoms with Crippen LogP contribution in [0.2, 0.25) is 0 Å². The Hall–Kier alpha value is -2.45. The van der Waals surface area contributed by atoms with E-state index in [-0.39, 0.29) is 24.5 Å². The number of nitrogens with one attached hydrogen (secondary N) is 2. The van der Waals surface area contributed by atoms with Crippen molar-refractivity contribution in [1.29, 1.82) is 0 Å². The van der Waals surface area contributed by atoms with Crippen LogP contribution in [0.25, 0.3) is 0 Å². The maximum absolute atomic E-state index is 12.1. The molecule has 1 aromatic rings. The van der Waals surface area contributed by atoms with E-state index in [9.17, 15) is 14.4 Å². The maximum atomic E-state index is 12.1. The molecule has 0 saturated carbocycles. The molecular weight excluding hydrogens is 338 g/mol. The van der Waals surface area contributed by atoms with Gasteiger partial charge in [-0.25, -0.2) is 4.79 Å². The number of esters is 1. The van der Waals surface area contributed by atoms with Crippen LogP contribution >= 0.6 is 0 Å². The summed E-state index contributed by atoms with van der Waals surface area (Å²) >= 11 is 0. The van der Waals surface area contributed by atoms with E-state index in [2.05, 4.69) is 15.5 Å². The van der Waals surface area contributed by atoms with Crippen LogP contribution in [-0.4, -0.2) is 68.7 Å². The number of carbonyl (C=O) groups excluding carboxylic acids is 3. The molecule has 1 aliphatic heterocycles. The molecule has 2 rings (SSSR count). The summed E-state index contributed by atoms with van der Waals surface area (Å²) in [5, 5.41) is 5.32. The largest absolute Gasteiger partial charge is 0.462 e. The third-order valence-electron chi connectivity index (χ3n) is 3.87. The van der Waals surface area contributed by atoms with Gasteiger partial charge >= 0.3 is 5.97 Å². The molecule has 0 radical (unpaired) electrons. The van der Waals surface area contributed by atoms with E-state index in [0.717, 1.165) is 19.6 Å². The Bertz CT molecular complexity index is 629. The topological polar surface area (TPSA) is 97.0 Å². The molecule has 1 aliphatic rings. The van der Waals surface area contributed by atoms with Crippen molar-refractivity contribution >= 4 is 23.5 Å². The average Bonchev–Trinajstić information content (AvgIpc) is 2.63. The minimum absolute atomic E-state index is 0.243. The highest BCUT2D eigenvalue weighted by molar-refractivity contribution is 6.06. The molecule has 8 heteroatoms. The molecule has 142 valence electrons. The first-order chi connectivity index (χ1) is 12.6. The molecule has 1 aromatic carbocycles. The fourth-order valence-corrected chi connectivity index (χ4v) is 2.56. The number of nitrogens with zero attached hydrogens (tertiary/aromatic N) is 1. The van der Waals surface area contributed by atoms with E-state index in [1.165, 1.54) is 0 Å². The van der Waals surface area contributed by atoms with E-state index in [4.69, 9.17) is 9.47 Å². The maximum Gasteiger partial charge on any atom is 0.340 e. The molecule has 0 atom stereocenters. The lowest BCUT2D eigenvalue weighted by Crippen LogP contribution is -2.41. The minimum atomic E-state index is -0.515. The first kappa shape index (κ1) is 19.9. The summed E-state index contributed by atoms with van der Waals surface area (Å²) < 4.78 is 10.2. The Morgan fingerprint density at radius 2 is 1.88 bits per heavy atom. The first-order valence-electron chi connectivity index (χ1n) is 8.73. The van der Waals surface area contributed by atoms with Gasteiger partial charge < -0.3 is 20.1 Å². The highest BCUT2D eigenvalue weighted by Gasteiger charge is 2.16. The minimum Gasteiger partial charge on any atom is -0.462 e. The summed E-state index contributed by atoms with van der Waals surface area (Å²) in [5.74, 6) is -1.35. The van der Waals surface area contributed by atoms with Crippen molar-refractivity contribution in [3.05, 3.63) is 29.8 Å². The average molecular weight is 363 g/mol. The SMILES string of the molecule is CCOC(=O)c1ccccc1NC(=O)CC(=O)NCCN1CCOCC1. The number of para-hydroxylation sites is 1. The molecule has 1 fully saturated rings. The van der Waals surface area contributed by atoms with E-state index in [1.54, 1.807) is 31.2 Å². The predicted octanol–water partition coefficient (Wildman–Crippen LogP) is 0.640. The number of carbonyl (C=O) groups is 3. The van der Waals surface area contributed by atoms with Crippen molar-refractivity contribution in [2.75, 3.05) is 51.3 Å². The van der Waals surface area contributed by atoms with Crippen LogP contribution in [-0.2, 0) is 19.1 Å². The Morgan fingerprint density at radius 3 is 2.62 bits per heavy atom. The van der Waals surface area contributed by atoms with Crippen molar-refractivity contribution < 1.29 is 23.9 Å². The fourth-order valence-electron chi connectivity index (χ4n) is 2.56. The van der Waals surface area contributed by atoms with Crippen LogP contribution in [0.3, 0.4) is 0 Å². The van der Waals surface area contributed by atoms with Gasteiger partial charge in [0.05, 0.1) is 31.1 Å². The number of rotatable bonds is 8. The lowest BCUT2D eigenvalue weighted by atomic mass is 10.1. The normalized spacial score (nSPS) is 14.5. The van der Waals surface area contributed by atoms with Crippen molar-refractivity contribution in [3.8, 4) is 0 Å². The third kappa shape index (κ3) is 6.45. The molecule has 2 amide bonds. The van der Waals surface area contributed by atoms with Crippen LogP contribution in [0.15, 0.2) is 24.3 Å². The van der Waals surface area contributed by atoms with Gasteiger partial charge in [0.15, 0.2) is 0 Å². The predicted molar refractivity (Wildman–Crippen MR) is 95.9 cm³/mol. The molecule has 0 bridgehead atoms. The zero-order valence-corrected chi connectivity index (χ0v) is 15.0. The first-order valence-corrected chi connectivity index (χ1v) is 8.73. The van der Waals surface area contributed by atoms with Crippen molar-refractivity contribution in [1.82, 2.24) is 10.2 Å². The lowest BCUT2D eigenvalue weighted by Gasteiger charge is -2.26. The monoisotopic (exact) mass is 363 g/mol. The van der Waals surface area contributed by atoms with Crippen LogP contribution in [0.5, 0.6) is 0 Å². The molecule has 0 aromatic heterocycles. The summed E-state index contributed by atoms with van der Waals surface area (Å²) in [6.45, 7) is 6.26. The van der Waals surface area contributed by atoms with Crippen molar-refractivity contribution in [3.63, 3.8) is 0 Å². The Kier molecular flexibility index (Phi) is 8.04. The van der Waals surface area contributed by atoms with Crippen LogP contribution in [0.1, 0.15) is 23.7 Å². The number of hydrogen-bond acceptors (Lipinski definition) is 6. The molecular formula is C18H25N3O5. The van der Waals surface area contributed by atoms with E-state index < -0.39 is 11.9 Å². The molecule has 2 N–H and O–H groups in total. The fraction of sp³-hybridized carbons (Fsp3) is 0.500. The second-order valence-corrected chi connectivity index (χ2v) is 5.79. The summed E-state index contributed by atoms with van der Waals surface area (Å²) in [5.41, 5.74) is 0.590. The van der Waals surface area contributed by atoms with Gasteiger partial charge in [0.2, 0.25) is 11.8 Å². The molecule has 1 heterocycles. The zero-order valence-electron chi connectivity index (χ0n) is 15.0. The second-order valence-electron chi connectivity index (χ2n) is 5.79. The number of amides is 2. The Morgan fingerprint density at radius 1 is 1.15 bits per heavy atom. The zero-order chi connectivity index (χ0) is 18.8. The van der Waals surface area contributed by atoms with E-state index in [0.29, 0.717) is 25.4 Å². The lowest BCUT2D eigenvalue weighted by molar-refractivity contribution is -0.126. The summed E-state index contributed by atoms with van der Waals surface area (Å²) in [6, 6.07) is 6.54. The van der Waals surface area contributed by atoms with Crippen LogP contribution in [0.4, 0.5) is 5.69 Å². The summed E-state index contributed by atoms with van der Waals surface area (Å²) in [7, 11) is 0. The van der Waals surface area contributed by atoms with Crippen LogP contribution < -0.4 is 10.6 Å². The Labute approximate surface area is 152 Å². The number of benzene rings is 1. The Balaban J connectivity index is 1.77.